The van der Waals surface area contributed by atoms with E-state index in [1.807, 2.05) is 0 Å². The van der Waals surface area contributed by atoms with Gasteiger partial charge in [0.2, 0.25) is 0 Å². The number of rotatable bonds is 7. The standard InChI is InChI=1S/C61H42N2/c1-5-19-43(20-6-1)45-33-36-49(37-34-45)62(58-40-35-47(44-21-7-2-8-22-44)41-53(58)46-23-9-3-10-24-46)50-38-39-52-51-27-13-14-28-54(51)61(57(52)42-50)55-29-15-17-31-59(55)63(48-25-11-4-12-26-48)60-32-18-16-30-56(60)61/h1-42H. The molecule has 296 valence electrons. The van der Waals surface area contributed by atoms with Crippen LogP contribution in [0.15, 0.2) is 255 Å². The minimum Gasteiger partial charge on any atom is -0.310 e. The van der Waals surface area contributed by atoms with Crippen molar-refractivity contribution >= 4 is 34.1 Å². The fourth-order valence-corrected chi connectivity index (χ4v) is 10.3. The molecule has 0 fully saturated rings. The van der Waals surface area contributed by atoms with Gasteiger partial charge in [-0.25, -0.2) is 0 Å². The van der Waals surface area contributed by atoms with Gasteiger partial charge in [-0.3, -0.25) is 0 Å². The van der Waals surface area contributed by atoms with E-state index < -0.39 is 5.41 Å². The Morgan fingerprint density at radius 2 is 0.746 bits per heavy atom. The maximum absolute atomic E-state index is 2.49. The Labute approximate surface area is 369 Å². The van der Waals surface area contributed by atoms with Gasteiger partial charge >= 0.3 is 0 Å². The maximum Gasteiger partial charge on any atom is 0.0755 e. The Morgan fingerprint density at radius 3 is 1.38 bits per heavy atom. The van der Waals surface area contributed by atoms with Gasteiger partial charge in [0.25, 0.3) is 0 Å². The molecule has 10 aromatic rings. The van der Waals surface area contributed by atoms with Crippen LogP contribution in [-0.4, -0.2) is 0 Å². The van der Waals surface area contributed by atoms with Gasteiger partial charge in [-0.15, -0.1) is 0 Å². The van der Waals surface area contributed by atoms with Gasteiger partial charge in [-0.05, 0) is 122 Å². The molecule has 0 aromatic heterocycles. The smallest absolute Gasteiger partial charge is 0.0755 e. The first-order valence-electron chi connectivity index (χ1n) is 21.8. The van der Waals surface area contributed by atoms with Crippen molar-refractivity contribution in [2.75, 3.05) is 9.80 Å². The molecule has 2 nitrogen and oxygen atoms in total. The van der Waals surface area contributed by atoms with Crippen LogP contribution in [0.3, 0.4) is 0 Å². The van der Waals surface area contributed by atoms with Crippen LogP contribution >= 0.6 is 0 Å². The summed E-state index contributed by atoms with van der Waals surface area (Å²) in [6, 6.07) is 93.4. The third kappa shape index (κ3) is 5.87. The SMILES string of the molecule is c1ccc(-c2ccc(N(c3ccc4c(c3)C3(c5ccccc5-4)c4ccccc4N(c4ccccc4)c4ccccc43)c3ccc(-c4ccccc4)cc3-c3ccccc3)cc2)cc1. The van der Waals surface area contributed by atoms with Crippen LogP contribution in [0.1, 0.15) is 22.3 Å². The summed E-state index contributed by atoms with van der Waals surface area (Å²) in [5, 5.41) is 0. The van der Waals surface area contributed by atoms with Gasteiger partial charge in [0.1, 0.15) is 0 Å². The van der Waals surface area contributed by atoms with E-state index in [9.17, 15) is 0 Å². The number of anilines is 6. The van der Waals surface area contributed by atoms with E-state index in [1.54, 1.807) is 0 Å². The summed E-state index contributed by atoms with van der Waals surface area (Å²) >= 11 is 0. The minimum absolute atomic E-state index is 0.581. The van der Waals surface area contributed by atoms with Crippen LogP contribution in [-0.2, 0) is 5.41 Å². The highest BCUT2D eigenvalue weighted by Crippen LogP contribution is 2.64. The predicted molar refractivity (Wildman–Crippen MR) is 263 cm³/mol. The molecule has 0 bridgehead atoms. The zero-order chi connectivity index (χ0) is 41.7. The van der Waals surface area contributed by atoms with Crippen molar-refractivity contribution in [2.45, 2.75) is 5.41 Å². The van der Waals surface area contributed by atoms with E-state index in [-0.39, 0.29) is 0 Å². The lowest BCUT2D eigenvalue weighted by Crippen LogP contribution is -2.36. The molecule has 0 saturated heterocycles. The molecule has 0 unspecified atom stereocenters. The average Bonchev–Trinajstić information content (AvgIpc) is 3.65. The Morgan fingerprint density at radius 1 is 0.286 bits per heavy atom. The van der Waals surface area contributed by atoms with Crippen LogP contribution in [0, 0.1) is 0 Å². The molecule has 0 radical (unpaired) electrons. The molecule has 0 N–H and O–H groups in total. The van der Waals surface area contributed by atoms with Crippen molar-refractivity contribution in [1.82, 2.24) is 0 Å². The molecule has 63 heavy (non-hydrogen) atoms. The van der Waals surface area contributed by atoms with Crippen molar-refractivity contribution in [1.29, 1.82) is 0 Å². The molecule has 2 aliphatic rings. The lowest BCUT2D eigenvalue weighted by Gasteiger charge is -2.45. The van der Waals surface area contributed by atoms with Crippen LogP contribution in [0.25, 0.3) is 44.5 Å². The van der Waals surface area contributed by atoms with Crippen LogP contribution in [0.5, 0.6) is 0 Å². The second-order valence-electron chi connectivity index (χ2n) is 16.4. The highest BCUT2D eigenvalue weighted by molar-refractivity contribution is 5.98. The zero-order valence-electron chi connectivity index (χ0n) is 34.6. The molecular weight excluding hydrogens is 761 g/mol. The van der Waals surface area contributed by atoms with E-state index in [2.05, 4.69) is 265 Å². The van der Waals surface area contributed by atoms with E-state index in [0.29, 0.717) is 0 Å². The Kier molecular flexibility index (Phi) is 8.76. The molecule has 2 heteroatoms. The van der Waals surface area contributed by atoms with Gasteiger partial charge in [0.05, 0.1) is 22.5 Å². The number of benzene rings is 10. The molecule has 1 heterocycles. The quantitative estimate of drug-likeness (QED) is 0.158. The number of nitrogens with zero attached hydrogens (tertiary/aromatic N) is 2. The molecule has 0 atom stereocenters. The van der Waals surface area contributed by atoms with Crippen molar-refractivity contribution in [3.63, 3.8) is 0 Å². The van der Waals surface area contributed by atoms with E-state index in [1.165, 1.54) is 67.0 Å². The lowest BCUT2D eigenvalue weighted by molar-refractivity contribution is 0.752. The summed E-state index contributed by atoms with van der Waals surface area (Å²) in [6.07, 6.45) is 0. The van der Waals surface area contributed by atoms with E-state index >= 15 is 0 Å². The van der Waals surface area contributed by atoms with Gasteiger partial charge < -0.3 is 9.80 Å². The number of para-hydroxylation sites is 3. The van der Waals surface area contributed by atoms with Crippen LogP contribution in [0.2, 0.25) is 0 Å². The number of hydrogen-bond donors (Lipinski definition) is 0. The molecular formula is C61H42N2. The van der Waals surface area contributed by atoms with Crippen molar-refractivity contribution in [3.8, 4) is 44.5 Å². The van der Waals surface area contributed by atoms with Gasteiger partial charge in [-0.1, -0.05) is 194 Å². The summed E-state index contributed by atoms with van der Waals surface area (Å²) in [6.45, 7) is 0. The van der Waals surface area contributed by atoms with Gasteiger partial charge in [0, 0.05) is 22.6 Å². The average molecular weight is 803 g/mol. The van der Waals surface area contributed by atoms with Gasteiger partial charge in [-0.2, -0.15) is 0 Å². The van der Waals surface area contributed by atoms with Crippen molar-refractivity contribution in [3.05, 3.63) is 277 Å². The third-order valence-electron chi connectivity index (χ3n) is 13.1. The maximum atomic E-state index is 2.49. The highest BCUT2D eigenvalue weighted by atomic mass is 15.2. The highest BCUT2D eigenvalue weighted by Gasteiger charge is 2.51. The topological polar surface area (TPSA) is 6.48 Å². The zero-order valence-corrected chi connectivity index (χ0v) is 34.6. The second-order valence-corrected chi connectivity index (χ2v) is 16.4. The van der Waals surface area contributed by atoms with Crippen LogP contribution in [0.4, 0.5) is 34.1 Å². The summed E-state index contributed by atoms with van der Waals surface area (Å²) in [5.41, 5.74) is 21.0. The Hall–Kier alpha value is -8.20. The molecule has 10 aromatic carbocycles. The summed E-state index contributed by atoms with van der Waals surface area (Å²) in [7, 11) is 0. The molecule has 12 rings (SSSR count). The van der Waals surface area contributed by atoms with Crippen molar-refractivity contribution < 1.29 is 0 Å². The largest absolute Gasteiger partial charge is 0.310 e. The fraction of sp³-hybridized carbons (Fsp3) is 0.0164. The predicted octanol–water partition coefficient (Wildman–Crippen LogP) is 16.3. The second kappa shape index (κ2) is 15.1. The summed E-state index contributed by atoms with van der Waals surface area (Å²) in [4.78, 5) is 4.92. The first-order chi connectivity index (χ1) is 31.3. The molecule has 1 aliphatic heterocycles. The molecule has 0 amide bonds. The van der Waals surface area contributed by atoms with Crippen molar-refractivity contribution in [2.24, 2.45) is 0 Å². The van der Waals surface area contributed by atoms with E-state index in [0.717, 1.165) is 33.9 Å². The number of fused-ring (bicyclic) bond motifs is 9. The molecule has 1 spiro atoms. The fourth-order valence-electron chi connectivity index (χ4n) is 10.3. The van der Waals surface area contributed by atoms with Gasteiger partial charge in [0.15, 0.2) is 0 Å². The molecule has 0 saturated carbocycles. The first kappa shape index (κ1) is 36.6. The monoisotopic (exact) mass is 802 g/mol. The summed E-state index contributed by atoms with van der Waals surface area (Å²) in [5.74, 6) is 0. The van der Waals surface area contributed by atoms with Crippen LogP contribution < -0.4 is 9.80 Å². The first-order valence-corrected chi connectivity index (χ1v) is 21.8. The normalized spacial score (nSPS) is 12.9. The third-order valence-corrected chi connectivity index (χ3v) is 13.1. The molecule has 1 aliphatic carbocycles. The Balaban J connectivity index is 1.13. The van der Waals surface area contributed by atoms with E-state index in [4.69, 9.17) is 0 Å². The summed E-state index contributed by atoms with van der Waals surface area (Å²) < 4.78 is 0. The minimum atomic E-state index is -0.581. The number of hydrogen-bond acceptors (Lipinski definition) is 2. The Bertz CT molecular complexity index is 3220. The lowest BCUT2D eigenvalue weighted by atomic mass is 9.64.